The normalized spacial score (nSPS) is 10.1. The summed E-state index contributed by atoms with van der Waals surface area (Å²) in [5.41, 5.74) is -0.111. The smallest absolute Gasteiger partial charge is 0.336 e. The lowest BCUT2D eigenvalue weighted by molar-refractivity contribution is -0.384. The van der Waals surface area contributed by atoms with Crippen LogP contribution in [0, 0.1) is 10.1 Å². The molecule has 1 heterocycles. The average Bonchev–Trinajstić information content (AvgIpc) is 2.81. The summed E-state index contributed by atoms with van der Waals surface area (Å²) >= 11 is 0. The number of carboxylic acid groups (broad SMARTS) is 1. The summed E-state index contributed by atoms with van der Waals surface area (Å²) in [5, 5.41) is 19.6. The van der Waals surface area contributed by atoms with Crippen LogP contribution in [0.3, 0.4) is 0 Å². The molecule has 2 rings (SSSR count). The van der Waals surface area contributed by atoms with E-state index in [1.165, 1.54) is 18.4 Å². The Morgan fingerprint density at radius 3 is 2.65 bits per heavy atom. The summed E-state index contributed by atoms with van der Waals surface area (Å²) in [5.74, 6) is -0.877. The average molecular weight is 233 g/mol. The predicted molar refractivity (Wildman–Crippen MR) is 57.8 cm³/mol. The lowest BCUT2D eigenvalue weighted by Gasteiger charge is -2.02. The topological polar surface area (TPSA) is 93.6 Å². The number of nitrogens with zero attached hydrogens (tertiary/aromatic N) is 1. The van der Waals surface area contributed by atoms with Gasteiger partial charge in [0.2, 0.25) is 0 Å². The number of nitro benzene ring substituents is 1. The molecule has 0 radical (unpaired) electrons. The van der Waals surface area contributed by atoms with Crippen molar-refractivity contribution in [3.63, 3.8) is 0 Å². The van der Waals surface area contributed by atoms with Crippen molar-refractivity contribution in [3.8, 4) is 11.3 Å². The second-order valence-corrected chi connectivity index (χ2v) is 3.27. The molecule has 6 heteroatoms. The molecule has 0 saturated heterocycles. The Labute approximate surface area is 95.3 Å². The molecule has 0 bridgehead atoms. The van der Waals surface area contributed by atoms with Gasteiger partial charge in [-0.05, 0) is 18.2 Å². The number of hydrogen-bond donors (Lipinski definition) is 1. The Bertz CT molecular complexity index is 574. The van der Waals surface area contributed by atoms with Crippen LogP contribution in [-0.2, 0) is 0 Å². The summed E-state index contributed by atoms with van der Waals surface area (Å²) in [6, 6.07) is 6.82. The monoisotopic (exact) mass is 233 g/mol. The van der Waals surface area contributed by atoms with Gasteiger partial charge in [-0.25, -0.2) is 4.79 Å². The minimum atomic E-state index is -1.24. The van der Waals surface area contributed by atoms with Crippen LogP contribution < -0.4 is 0 Å². The molecule has 0 saturated carbocycles. The minimum Gasteiger partial charge on any atom is -0.478 e. The first kappa shape index (κ1) is 10.9. The molecular formula is C11H7NO5. The second kappa shape index (κ2) is 4.09. The van der Waals surface area contributed by atoms with Crippen molar-refractivity contribution in [2.45, 2.75) is 0 Å². The van der Waals surface area contributed by atoms with Gasteiger partial charge in [0.25, 0.3) is 5.69 Å². The van der Waals surface area contributed by atoms with E-state index in [1.807, 2.05) is 0 Å². The van der Waals surface area contributed by atoms with E-state index in [0.717, 1.165) is 6.07 Å². The van der Waals surface area contributed by atoms with Crippen LogP contribution in [0.2, 0.25) is 0 Å². The Balaban J connectivity index is 2.61. The summed E-state index contributed by atoms with van der Waals surface area (Å²) in [6.45, 7) is 0. The molecule has 0 aliphatic carbocycles. The molecule has 0 spiro atoms. The molecule has 0 amide bonds. The molecule has 17 heavy (non-hydrogen) atoms. The van der Waals surface area contributed by atoms with Crippen LogP contribution in [0.5, 0.6) is 0 Å². The van der Waals surface area contributed by atoms with E-state index in [-0.39, 0.29) is 11.3 Å². The molecule has 2 aromatic rings. The maximum atomic E-state index is 11.0. The fraction of sp³-hybridized carbons (Fsp3) is 0. The molecular weight excluding hydrogens is 226 g/mol. The number of nitro groups is 1. The second-order valence-electron chi connectivity index (χ2n) is 3.27. The highest BCUT2D eigenvalue weighted by atomic mass is 16.6. The Morgan fingerprint density at radius 1 is 1.35 bits per heavy atom. The highest BCUT2D eigenvalue weighted by molar-refractivity contribution is 5.96. The van der Waals surface area contributed by atoms with Crippen LogP contribution in [0.1, 0.15) is 10.4 Å². The van der Waals surface area contributed by atoms with Gasteiger partial charge in [0.05, 0.1) is 16.7 Å². The van der Waals surface area contributed by atoms with Crippen molar-refractivity contribution in [2.75, 3.05) is 0 Å². The third-order valence-corrected chi connectivity index (χ3v) is 2.23. The van der Waals surface area contributed by atoms with Gasteiger partial charge in [0, 0.05) is 17.7 Å². The van der Waals surface area contributed by atoms with Crippen LogP contribution in [-0.4, -0.2) is 16.0 Å². The van der Waals surface area contributed by atoms with Crippen LogP contribution in [0.15, 0.2) is 41.0 Å². The van der Waals surface area contributed by atoms with E-state index in [1.54, 1.807) is 12.1 Å². The fourth-order valence-corrected chi connectivity index (χ4v) is 1.47. The summed E-state index contributed by atoms with van der Waals surface area (Å²) < 4.78 is 5.08. The summed E-state index contributed by atoms with van der Waals surface area (Å²) in [7, 11) is 0. The highest BCUT2D eigenvalue weighted by Crippen LogP contribution is 2.27. The van der Waals surface area contributed by atoms with E-state index in [9.17, 15) is 14.9 Å². The molecule has 1 aromatic carbocycles. The number of hydrogen-bond acceptors (Lipinski definition) is 4. The number of benzene rings is 1. The maximum Gasteiger partial charge on any atom is 0.336 e. The molecule has 1 N–H and O–H groups in total. The lowest BCUT2D eigenvalue weighted by atomic mass is 10.0. The van der Waals surface area contributed by atoms with Gasteiger partial charge in [-0.1, -0.05) is 0 Å². The van der Waals surface area contributed by atoms with Crippen molar-refractivity contribution < 1.29 is 19.2 Å². The van der Waals surface area contributed by atoms with E-state index >= 15 is 0 Å². The lowest BCUT2D eigenvalue weighted by Crippen LogP contribution is -2.00. The third-order valence-electron chi connectivity index (χ3n) is 2.23. The van der Waals surface area contributed by atoms with E-state index in [2.05, 4.69) is 0 Å². The molecule has 6 nitrogen and oxygen atoms in total. The Kier molecular flexibility index (Phi) is 2.61. The fourth-order valence-electron chi connectivity index (χ4n) is 1.47. The maximum absolute atomic E-state index is 11.0. The number of aromatic carboxylic acids is 1. The zero-order valence-corrected chi connectivity index (χ0v) is 8.49. The number of carbonyl (C=O) groups is 1. The zero-order valence-electron chi connectivity index (χ0n) is 8.49. The van der Waals surface area contributed by atoms with Gasteiger partial charge in [-0.15, -0.1) is 0 Å². The van der Waals surface area contributed by atoms with Gasteiger partial charge >= 0.3 is 5.97 Å². The van der Waals surface area contributed by atoms with E-state index in [4.69, 9.17) is 9.52 Å². The molecule has 0 atom stereocenters. The predicted octanol–water partition coefficient (Wildman–Crippen LogP) is 2.55. The number of carboxylic acids is 1. The zero-order chi connectivity index (χ0) is 12.4. The van der Waals surface area contributed by atoms with Crippen LogP contribution >= 0.6 is 0 Å². The van der Waals surface area contributed by atoms with E-state index in [0.29, 0.717) is 11.3 Å². The van der Waals surface area contributed by atoms with Crippen molar-refractivity contribution in [3.05, 3.63) is 52.3 Å². The Hall–Kier alpha value is -2.63. The largest absolute Gasteiger partial charge is 0.478 e. The van der Waals surface area contributed by atoms with E-state index < -0.39 is 10.9 Å². The van der Waals surface area contributed by atoms with Gasteiger partial charge in [0.1, 0.15) is 5.76 Å². The molecule has 0 fully saturated rings. The quantitative estimate of drug-likeness (QED) is 0.649. The van der Waals surface area contributed by atoms with Crippen LogP contribution in [0.4, 0.5) is 5.69 Å². The summed E-state index contributed by atoms with van der Waals surface area (Å²) in [6.07, 6.45) is 1.41. The highest BCUT2D eigenvalue weighted by Gasteiger charge is 2.18. The van der Waals surface area contributed by atoms with Crippen molar-refractivity contribution in [2.24, 2.45) is 0 Å². The number of rotatable bonds is 3. The summed E-state index contributed by atoms with van der Waals surface area (Å²) in [4.78, 5) is 20.9. The number of non-ortho nitro benzene ring substituents is 1. The van der Waals surface area contributed by atoms with Crippen LogP contribution in [0.25, 0.3) is 11.3 Å². The first-order chi connectivity index (χ1) is 8.09. The SMILES string of the molecule is O=C(O)c1cc([N+](=O)[O-])ccc1-c1ccco1. The standard InChI is InChI=1S/C11H7NO5/c13-11(14)9-6-7(12(15)16)3-4-8(9)10-2-1-5-17-10/h1-6H,(H,13,14). The minimum absolute atomic E-state index is 0.158. The van der Waals surface area contributed by atoms with Crippen molar-refractivity contribution in [1.82, 2.24) is 0 Å². The number of furan rings is 1. The molecule has 0 unspecified atom stereocenters. The molecule has 0 aliphatic rings. The first-order valence-electron chi connectivity index (χ1n) is 4.65. The Morgan fingerprint density at radius 2 is 2.12 bits per heavy atom. The molecule has 1 aromatic heterocycles. The molecule has 86 valence electrons. The molecule has 0 aliphatic heterocycles. The first-order valence-corrected chi connectivity index (χ1v) is 4.65. The van der Waals surface area contributed by atoms with Gasteiger partial charge in [-0.3, -0.25) is 10.1 Å². The van der Waals surface area contributed by atoms with Gasteiger partial charge in [0.15, 0.2) is 0 Å². The van der Waals surface area contributed by atoms with Crippen molar-refractivity contribution in [1.29, 1.82) is 0 Å². The van der Waals surface area contributed by atoms with Gasteiger partial charge in [-0.2, -0.15) is 0 Å². The van der Waals surface area contributed by atoms with Crippen molar-refractivity contribution >= 4 is 11.7 Å². The third kappa shape index (κ3) is 2.00. The van der Waals surface area contributed by atoms with Gasteiger partial charge < -0.3 is 9.52 Å².